The van der Waals surface area contributed by atoms with E-state index in [0.29, 0.717) is 0 Å². The van der Waals surface area contributed by atoms with Gasteiger partial charge < -0.3 is 0 Å². The van der Waals surface area contributed by atoms with E-state index in [9.17, 15) is 0 Å². The molecule has 3 heteroatoms. The quantitative estimate of drug-likeness (QED) is 0.421. The van der Waals surface area contributed by atoms with Crippen LogP contribution in [0.2, 0.25) is 0 Å². The Hall–Kier alpha value is -0.510. The molecule has 1 aromatic carbocycles. The maximum Gasteiger partial charge on any atom is 0.0240 e. The van der Waals surface area contributed by atoms with Crippen molar-refractivity contribution in [2.24, 2.45) is 5.84 Å². The van der Waals surface area contributed by atoms with E-state index in [1.54, 1.807) is 0 Å². The van der Waals surface area contributed by atoms with Crippen molar-refractivity contribution in [2.75, 3.05) is 0 Å². The van der Waals surface area contributed by atoms with E-state index in [1.807, 2.05) is 26.0 Å². The van der Waals surface area contributed by atoms with Gasteiger partial charge in [-0.2, -0.15) is 4.83 Å². The first kappa shape index (κ1) is 11.5. The fourth-order valence-corrected chi connectivity index (χ4v) is 1.08. The molecule has 3 N–H and O–H groups in total. The molecular weight excluding hydrogens is 168 g/mol. The first-order valence-corrected chi connectivity index (χ1v) is 4.83. The second-order valence-electron chi connectivity index (χ2n) is 2.03. The second-order valence-corrected chi connectivity index (χ2v) is 2.94. The van der Waals surface area contributed by atoms with E-state index in [-0.39, 0.29) is 0 Å². The highest BCUT2D eigenvalue weighted by molar-refractivity contribution is 7.97. The van der Waals surface area contributed by atoms with Crippen molar-refractivity contribution in [3.8, 4) is 0 Å². The predicted molar refractivity (Wildman–Crippen MR) is 55.7 cm³/mol. The molecule has 0 bridgehead atoms. The monoisotopic (exact) mass is 184 g/mol. The van der Waals surface area contributed by atoms with Crippen molar-refractivity contribution in [1.29, 1.82) is 0 Å². The van der Waals surface area contributed by atoms with Crippen LogP contribution in [0.3, 0.4) is 0 Å². The summed E-state index contributed by atoms with van der Waals surface area (Å²) >= 11 is 1.41. The molecule has 0 saturated carbocycles. The van der Waals surface area contributed by atoms with Crippen molar-refractivity contribution >= 4 is 11.9 Å². The third kappa shape index (κ3) is 4.38. The van der Waals surface area contributed by atoms with Crippen LogP contribution in [0.25, 0.3) is 0 Å². The van der Waals surface area contributed by atoms with E-state index < -0.39 is 0 Å². The highest BCUT2D eigenvalue weighted by Gasteiger charge is 1.88. The number of nitrogens with one attached hydrogen (secondary N) is 1. The number of aryl methyl sites for hydroxylation is 1. The van der Waals surface area contributed by atoms with E-state index >= 15 is 0 Å². The molecule has 0 amide bonds. The zero-order valence-corrected chi connectivity index (χ0v) is 8.61. The van der Waals surface area contributed by atoms with Crippen molar-refractivity contribution < 1.29 is 0 Å². The largest absolute Gasteiger partial charge is 0.261 e. The zero-order chi connectivity index (χ0) is 9.40. The van der Waals surface area contributed by atoms with Crippen molar-refractivity contribution in [1.82, 2.24) is 4.83 Å². The van der Waals surface area contributed by atoms with Gasteiger partial charge in [-0.25, -0.2) is 0 Å². The van der Waals surface area contributed by atoms with Crippen LogP contribution in [0.5, 0.6) is 0 Å². The lowest BCUT2D eigenvalue weighted by atomic mass is 10.2. The molecule has 0 aliphatic heterocycles. The lowest BCUT2D eigenvalue weighted by Crippen LogP contribution is -2.10. The molecule has 0 heterocycles. The molecule has 0 unspecified atom stereocenters. The number of benzene rings is 1. The fraction of sp³-hybridized carbons (Fsp3) is 0.333. The Morgan fingerprint density at radius 1 is 1.17 bits per heavy atom. The summed E-state index contributed by atoms with van der Waals surface area (Å²) in [6, 6.07) is 8.17. The molecule has 12 heavy (non-hydrogen) atoms. The summed E-state index contributed by atoms with van der Waals surface area (Å²) in [6.45, 7) is 6.06. The number of nitrogens with two attached hydrogens (primary N) is 1. The third-order valence-electron chi connectivity index (χ3n) is 1.20. The minimum Gasteiger partial charge on any atom is -0.261 e. The lowest BCUT2D eigenvalue weighted by molar-refractivity contribution is 1.11. The summed E-state index contributed by atoms with van der Waals surface area (Å²) in [5, 5.41) is 0. The average Bonchev–Trinajstić information content (AvgIpc) is 2.13. The summed E-state index contributed by atoms with van der Waals surface area (Å²) in [5.74, 6) is 5.11. The van der Waals surface area contributed by atoms with Crippen LogP contribution >= 0.6 is 11.9 Å². The Morgan fingerprint density at radius 2 is 1.67 bits per heavy atom. The van der Waals surface area contributed by atoms with Gasteiger partial charge in [0.25, 0.3) is 0 Å². The molecule has 68 valence electrons. The van der Waals surface area contributed by atoms with Crippen molar-refractivity contribution in [2.45, 2.75) is 25.7 Å². The molecule has 0 spiro atoms. The molecule has 0 radical (unpaired) electrons. The first-order chi connectivity index (χ1) is 5.83. The van der Waals surface area contributed by atoms with Crippen molar-refractivity contribution in [3.05, 3.63) is 29.8 Å². The van der Waals surface area contributed by atoms with Crippen LogP contribution in [0.15, 0.2) is 29.2 Å². The SMILES string of the molecule is CC.Cc1ccc(SNN)cc1. The van der Waals surface area contributed by atoms with Crippen LogP contribution in [-0.2, 0) is 0 Å². The highest BCUT2D eigenvalue weighted by Crippen LogP contribution is 2.12. The standard InChI is InChI=1S/C7H10N2S.C2H6/c1-6-2-4-7(5-3-6)10-9-8;1-2/h2-5,9H,8H2,1H3;1-2H3. The minimum atomic E-state index is 1.13. The molecule has 0 saturated heterocycles. The van der Waals surface area contributed by atoms with Crippen LogP contribution in [-0.4, -0.2) is 0 Å². The number of hydrogen-bond acceptors (Lipinski definition) is 3. The predicted octanol–water partition coefficient (Wildman–Crippen LogP) is 2.49. The molecule has 0 atom stereocenters. The van der Waals surface area contributed by atoms with Crippen LogP contribution in [0.1, 0.15) is 19.4 Å². The van der Waals surface area contributed by atoms with Gasteiger partial charge in [0, 0.05) is 4.90 Å². The normalized spacial score (nSPS) is 8.67. The summed E-state index contributed by atoms with van der Waals surface area (Å²) in [4.78, 5) is 3.65. The Balaban J connectivity index is 0.000000561. The molecule has 0 fully saturated rings. The molecule has 0 aliphatic carbocycles. The van der Waals surface area contributed by atoms with Crippen LogP contribution in [0, 0.1) is 6.92 Å². The van der Waals surface area contributed by atoms with Gasteiger partial charge in [0.15, 0.2) is 0 Å². The summed E-state index contributed by atoms with van der Waals surface area (Å²) in [5.41, 5.74) is 1.27. The fourth-order valence-electron chi connectivity index (χ4n) is 0.674. The third-order valence-corrected chi connectivity index (χ3v) is 1.82. The van der Waals surface area contributed by atoms with Gasteiger partial charge in [0.1, 0.15) is 0 Å². The first-order valence-electron chi connectivity index (χ1n) is 4.02. The van der Waals surface area contributed by atoms with E-state index in [1.165, 1.54) is 17.5 Å². The topological polar surface area (TPSA) is 38.0 Å². The molecule has 1 rings (SSSR count). The maximum atomic E-state index is 5.11. The Bertz CT molecular complexity index is 196. The van der Waals surface area contributed by atoms with Gasteiger partial charge in [-0.1, -0.05) is 31.5 Å². The molecule has 0 aliphatic rings. The molecule has 0 aromatic heterocycles. The van der Waals surface area contributed by atoms with Gasteiger partial charge >= 0.3 is 0 Å². The number of hydrogen-bond donors (Lipinski definition) is 2. The van der Waals surface area contributed by atoms with Gasteiger partial charge in [0.2, 0.25) is 0 Å². The molecular formula is C9H16N2S. The summed E-state index contributed by atoms with van der Waals surface area (Å²) in [6.07, 6.45) is 0. The molecule has 1 aromatic rings. The van der Waals surface area contributed by atoms with E-state index in [4.69, 9.17) is 5.84 Å². The van der Waals surface area contributed by atoms with Gasteiger partial charge in [0.05, 0.1) is 0 Å². The molecule has 2 nitrogen and oxygen atoms in total. The lowest BCUT2D eigenvalue weighted by Gasteiger charge is -1.97. The minimum absolute atomic E-state index is 1.13. The van der Waals surface area contributed by atoms with Gasteiger partial charge in [-0.05, 0) is 31.0 Å². The second kappa shape index (κ2) is 7.16. The van der Waals surface area contributed by atoms with E-state index in [0.717, 1.165) is 4.90 Å². The highest BCUT2D eigenvalue weighted by atomic mass is 32.2. The zero-order valence-electron chi connectivity index (χ0n) is 7.79. The maximum absolute atomic E-state index is 5.11. The Morgan fingerprint density at radius 3 is 2.08 bits per heavy atom. The Labute approximate surface area is 78.7 Å². The Kier molecular flexibility index (Phi) is 6.85. The van der Waals surface area contributed by atoms with Gasteiger partial charge in [-0.3, -0.25) is 5.84 Å². The average molecular weight is 184 g/mol. The summed E-state index contributed by atoms with van der Waals surface area (Å²) < 4.78 is 0. The number of hydrazine groups is 1. The van der Waals surface area contributed by atoms with Crippen LogP contribution < -0.4 is 10.7 Å². The van der Waals surface area contributed by atoms with Crippen molar-refractivity contribution in [3.63, 3.8) is 0 Å². The summed E-state index contributed by atoms with van der Waals surface area (Å²) in [7, 11) is 0. The van der Waals surface area contributed by atoms with Gasteiger partial charge in [-0.15, -0.1) is 0 Å². The van der Waals surface area contributed by atoms with Crippen LogP contribution in [0.4, 0.5) is 0 Å². The smallest absolute Gasteiger partial charge is 0.0240 e. The van der Waals surface area contributed by atoms with E-state index in [2.05, 4.69) is 23.9 Å². The number of rotatable bonds is 2.